The Balaban J connectivity index is 1.63. The molecule has 1 amide bonds. The maximum absolute atomic E-state index is 14.2. The number of rotatable bonds is 6. The van der Waals surface area contributed by atoms with Gasteiger partial charge in [-0.2, -0.15) is 5.10 Å². The van der Waals surface area contributed by atoms with E-state index in [2.05, 4.69) is 25.8 Å². The van der Waals surface area contributed by atoms with Crippen molar-refractivity contribution in [3.8, 4) is 0 Å². The second-order valence-electron chi connectivity index (χ2n) is 5.95. The van der Waals surface area contributed by atoms with E-state index in [1.807, 2.05) is 6.92 Å². The van der Waals surface area contributed by atoms with Gasteiger partial charge in [0.15, 0.2) is 11.5 Å². The number of nitrogens with zero attached hydrogens (tertiary/aromatic N) is 2. The molecule has 2 aromatic rings. The molecule has 1 aliphatic heterocycles. The average molecular weight is 347 g/mol. The van der Waals surface area contributed by atoms with Crippen LogP contribution < -0.4 is 10.6 Å². The minimum Gasteiger partial charge on any atom is -0.369 e. The molecule has 0 radical (unpaired) electrons. The number of pyridine rings is 1. The first-order valence-electron chi connectivity index (χ1n) is 8.51. The summed E-state index contributed by atoms with van der Waals surface area (Å²) in [6.07, 6.45) is 3.72. The molecule has 3 rings (SSSR count). The van der Waals surface area contributed by atoms with E-state index in [-0.39, 0.29) is 11.8 Å². The van der Waals surface area contributed by atoms with Crippen LogP contribution in [-0.2, 0) is 11.2 Å². The maximum atomic E-state index is 14.2. The van der Waals surface area contributed by atoms with E-state index in [9.17, 15) is 9.18 Å². The van der Waals surface area contributed by atoms with Crippen LogP contribution in [0.4, 0.5) is 10.1 Å². The summed E-state index contributed by atoms with van der Waals surface area (Å²) >= 11 is 0. The number of halogens is 1. The number of carbonyl (C=O) groups excluding carboxylic acids is 1. The number of unbranched alkanes of at least 4 members (excludes halogenated alkanes) is 1. The maximum Gasteiger partial charge on any atom is 0.276 e. The second kappa shape index (κ2) is 8.17. The first-order valence-corrected chi connectivity index (χ1v) is 8.51. The molecule has 1 saturated heterocycles. The van der Waals surface area contributed by atoms with E-state index >= 15 is 0 Å². The molecule has 3 heterocycles. The lowest BCUT2D eigenvalue weighted by Gasteiger charge is -2.23. The standard InChI is InChI=1S/C17H22FN5O2/c1-2-3-4-13-15(18)16(23-22-13)17(24)21-11-5-6-12(20-9-11)14-10-19-7-8-25-14/h5-6,9,14,19H,2-4,7-8,10H2,1H3,(H,21,24)(H,22,23)/t14-/m1/s1. The van der Waals surface area contributed by atoms with Crippen LogP contribution in [0.3, 0.4) is 0 Å². The van der Waals surface area contributed by atoms with Gasteiger partial charge in [0.05, 0.1) is 29.9 Å². The Kier molecular flexibility index (Phi) is 5.72. The fraction of sp³-hybridized carbons (Fsp3) is 0.471. The van der Waals surface area contributed by atoms with E-state index in [0.717, 1.165) is 25.1 Å². The van der Waals surface area contributed by atoms with Crippen LogP contribution in [0.1, 0.15) is 47.7 Å². The van der Waals surface area contributed by atoms with Crippen molar-refractivity contribution in [2.45, 2.75) is 32.3 Å². The van der Waals surface area contributed by atoms with E-state index < -0.39 is 11.7 Å². The van der Waals surface area contributed by atoms with Crippen molar-refractivity contribution >= 4 is 11.6 Å². The van der Waals surface area contributed by atoms with Crippen molar-refractivity contribution < 1.29 is 13.9 Å². The number of nitrogens with one attached hydrogen (secondary N) is 3. The first kappa shape index (κ1) is 17.5. The predicted molar refractivity (Wildman–Crippen MR) is 90.9 cm³/mol. The number of ether oxygens (including phenoxy) is 1. The van der Waals surface area contributed by atoms with Gasteiger partial charge >= 0.3 is 0 Å². The highest BCUT2D eigenvalue weighted by Crippen LogP contribution is 2.19. The van der Waals surface area contributed by atoms with E-state index in [0.29, 0.717) is 31.0 Å². The van der Waals surface area contributed by atoms with Gasteiger partial charge < -0.3 is 15.4 Å². The summed E-state index contributed by atoms with van der Waals surface area (Å²) in [7, 11) is 0. The van der Waals surface area contributed by atoms with E-state index in [1.54, 1.807) is 12.1 Å². The largest absolute Gasteiger partial charge is 0.369 e. The second-order valence-corrected chi connectivity index (χ2v) is 5.95. The van der Waals surface area contributed by atoms with Crippen molar-refractivity contribution in [2.75, 3.05) is 25.0 Å². The average Bonchev–Trinajstić information content (AvgIpc) is 3.02. The molecule has 0 unspecified atom stereocenters. The van der Waals surface area contributed by atoms with Crippen LogP contribution in [0.15, 0.2) is 18.3 Å². The minimum atomic E-state index is -0.586. The highest BCUT2D eigenvalue weighted by atomic mass is 19.1. The molecule has 1 atom stereocenters. The zero-order valence-electron chi connectivity index (χ0n) is 14.1. The predicted octanol–water partition coefficient (Wildman–Crippen LogP) is 2.20. The number of aromatic amines is 1. The fourth-order valence-electron chi connectivity index (χ4n) is 2.64. The highest BCUT2D eigenvalue weighted by molar-refractivity contribution is 6.03. The van der Waals surface area contributed by atoms with Gasteiger partial charge in [0.2, 0.25) is 0 Å². The van der Waals surface area contributed by atoms with Crippen LogP contribution in [0.25, 0.3) is 0 Å². The van der Waals surface area contributed by atoms with Gasteiger partial charge in [-0.15, -0.1) is 0 Å². The molecule has 0 saturated carbocycles. The number of hydrogen-bond acceptors (Lipinski definition) is 5. The third-order valence-corrected chi connectivity index (χ3v) is 4.07. The summed E-state index contributed by atoms with van der Waals surface area (Å²) in [5.41, 5.74) is 1.42. The van der Waals surface area contributed by atoms with E-state index in [1.165, 1.54) is 6.20 Å². The third kappa shape index (κ3) is 4.21. The molecule has 0 spiro atoms. The van der Waals surface area contributed by atoms with Gasteiger partial charge in [0, 0.05) is 13.1 Å². The van der Waals surface area contributed by atoms with Crippen LogP contribution in [-0.4, -0.2) is 40.8 Å². The molecule has 3 N–H and O–H groups in total. The van der Waals surface area contributed by atoms with Gasteiger partial charge in [-0.25, -0.2) is 4.39 Å². The molecule has 1 fully saturated rings. The van der Waals surface area contributed by atoms with E-state index in [4.69, 9.17) is 4.74 Å². The normalized spacial score (nSPS) is 17.4. The summed E-state index contributed by atoms with van der Waals surface area (Å²) < 4.78 is 19.9. The van der Waals surface area contributed by atoms with Gasteiger partial charge in [0.1, 0.15) is 6.10 Å². The van der Waals surface area contributed by atoms with Crippen LogP contribution in [0.2, 0.25) is 0 Å². The Morgan fingerprint density at radius 3 is 3.04 bits per heavy atom. The molecule has 7 nitrogen and oxygen atoms in total. The molecule has 0 bridgehead atoms. The SMILES string of the molecule is CCCCc1n[nH]c(C(=O)Nc2ccc([C@H]3CNCCO3)nc2)c1F. The zero-order valence-corrected chi connectivity index (χ0v) is 14.1. The van der Waals surface area contributed by atoms with Crippen molar-refractivity contribution in [3.05, 3.63) is 41.2 Å². The number of aryl methyl sites for hydroxylation is 1. The van der Waals surface area contributed by atoms with Gasteiger partial charge in [0.25, 0.3) is 5.91 Å². The molecular formula is C17H22FN5O2. The first-order chi connectivity index (χ1) is 12.2. The van der Waals surface area contributed by atoms with Gasteiger partial charge in [-0.3, -0.25) is 14.9 Å². The lowest BCUT2D eigenvalue weighted by Crippen LogP contribution is -2.33. The molecular weight excluding hydrogens is 325 g/mol. The molecule has 25 heavy (non-hydrogen) atoms. The molecule has 0 aromatic carbocycles. The Morgan fingerprint density at radius 2 is 2.36 bits per heavy atom. The number of H-pyrrole nitrogens is 1. The van der Waals surface area contributed by atoms with Crippen molar-refractivity contribution in [1.82, 2.24) is 20.5 Å². The Bertz CT molecular complexity index is 710. The summed E-state index contributed by atoms with van der Waals surface area (Å²) in [6, 6.07) is 3.52. The zero-order chi connectivity index (χ0) is 17.6. The number of aromatic nitrogens is 3. The number of anilines is 1. The molecule has 0 aliphatic carbocycles. The highest BCUT2D eigenvalue weighted by Gasteiger charge is 2.20. The summed E-state index contributed by atoms with van der Waals surface area (Å²) in [5.74, 6) is -1.16. The topological polar surface area (TPSA) is 91.9 Å². The molecule has 134 valence electrons. The summed E-state index contributed by atoms with van der Waals surface area (Å²) in [5, 5.41) is 12.2. The quantitative estimate of drug-likeness (QED) is 0.745. The smallest absolute Gasteiger partial charge is 0.276 e. The van der Waals surface area contributed by atoms with Gasteiger partial charge in [-0.05, 0) is 25.0 Å². The fourth-order valence-corrected chi connectivity index (χ4v) is 2.64. The molecule has 1 aliphatic rings. The minimum absolute atomic E-state index is 0.0929. The monoisotopic (exact) mass is 347 g/mol. The van der Waals surface area contributed by atoms with Crippen molar-refractivity contribution in [2.24, 2.45) is 0 Å². The summed E-state index contributed by atoms with van der Waals surface area (Å²) in [4.78, 5) is 16.5. The van der Waals surface area contributed by atoms with Crippen LogP contribution in [0, 0.1) is 5.82 Å². The molecule has 2 aromatic heterocycles. The van der Waals surface area contributed by atoms with Crippen molar-refractivity contribution in [3.63, 3.8) is 0 Å². The Labute approximate surface area is 145 Å². The van der Waals surface area contributed by atoms with Crippen LogP contribution >= 0.6 is 0 Å². The van der Waals surface area contributed by atoms with Crippen LogP contribution in [0.5, 0.6) is 0 Å². The lowest BCUT2D eigenvalue weighted by molar-refractivity contribution is 0.0250. The third-order valence-electron chi connectivity index (χ3n) is 4.07. The number of carbonyl (C=O) groups is 1. The lowest BCUT2D eigenvalue weighted by atomic mass is 10.2. The number of morpholine rings is 1. The Hall–Kier alpha value is -2.32. The Morgan fingerprint density at radius 1 is 1.48 bits per heavy atom. The number of hydrogen-bond donors (Lipinski definition) is 3. The summed E-state index contributed by atoms with van der Waals surface area (Å²) in [6.45, 7) is 4.20. The molecule has 8 heteroatoms. The van der Waals surface area contributed by atoms with Crippen molar-refractivity contribution in [1.29, 1.82) is 0 Å². The number of amides is 1. The van der Waals surface area contributed by atoms with Gasteiger partial charge in [-0.1, -0.05) is 13.3 Å².